The van der Waals surface area contributed by atoms with Crippen molar-refractivity contribution in [2.24, 2.45) is 11.1 Å². The lowest BCUT2D eigenvalue weighted by Crippen LogP contribution is -2.40. The number of aliphatic hydroxyl groups is 1. The number of ether oxygens (including phenoxy) is 1. The van der Waals surface area contributed by atoms with E-state index in [0.717, 1.165) is 29.0 Å². The van der Waals surface area contributed by atoms with E-state index in [1.807, 2.05) is 18.2 Å². The van der Waals surface area contributed by atoms with Crippen molar-refractivity contribution >= 4 is 17.6 Å². The van der Waals surface area contributed by atoms with E-state index in [-0.39, 0.29) is 19.3 Å². The van der Waals surface area contributed by atoms with E-state index in [2.05, 4.69) is 38.1 Å². The molecule has 31 heavy (non-hydrogen) atoms. The zero-order valence-electron chi connectivity index (χ0n) is 19.2. The standard InChI is InChI=1S/C26H36ClNO3/c1-5-8-18(3)24-14-19(11-12-23(24)20-9-7-10-21(27)15-20)13-22(28)16-26(4,17-29)25(30)31-6-2/h7,9-12,14-15,18,22,29H,5-6,8,13,16-17,28H2,1-4H3. The highest BCUT2D eigenvalue weighted by Crippen LogP contribution is 2.34. The first kappa shape index (κ1) is 25.4. The summed E-state index contributed by atoms with van der Waals surface area (Å²) >= 11 is 6.24. The molecule has 5 heteroatoms. The number of aliphatic hydroxyl groups excluding tert-OH is 1. The van der Waals surface area contributed by atoms with Crippen molar-refractivity contribution in [2.45, 2.75) is 65.3 Å². The summed E-state index contributed by atoms with van der Waals surface area (Å²) in [7, 11) is 0. The van der Waals surface area contributed by atoms with Crippen molar-refractivity contribution in [2.75, 3.05) is 13.2 Å². The van der Waals surface area contributed by atoms with Gasteiger partial charge in [-0.25, -0.2) is 0 Å². The molecular weight excluding hydrogens is 410 g/mol. The molecule has 0 saturated carbocycles. The molecule has 0 spiro atoms. The predicted molar refractivity (Wildman–Crippen MR) is 128 cm³/mol. The summed E-state index contributed by atoms with van der Waals surface area (Å²) in [6.07, 6.45) is 3.18. The molecule has 0 aromatic heterocycles. The van der Waals surface area contributed by atoms with Gasteiger partial charge in [-0.3, -0.25) is 4.79 Å². The van der Waals surface area contributed by atoms with Gasteiger partial charge in [-0.05, 0) is 73.4 Å². The van der Waals surface area contributed by atoms with Gasteiger partial charge in [0.2, 0.25) is 0 Å². The van der Waals surface area contributed by atoms with Gasteiger partial charge in [0.05, 0.1) is 18.6 Å². The second-order valence-corrected chi connectivity index (χ2v) is 9.17. The molecule has 0 aliphatic rings. The lowest BCUT2D eigenvalue weighted by atomic mass is 9.82. The van der Waals surface area contributed by atoms with E-state index in [1.54, 1.807) is 13.8 Å². The summed E-state index contributed by atoms with van der Waals surface area (Å²) in [5.41, 5.74) is 10.1. The minimum Gasteiger partial charge on any atom is -0.466 e. The lowest BCUT2D eigenvalue weighted by molar-refractivity contribution is -0.157. The maximum atomic E-state index is 12.3. The molecule has 0 bridgehead atoms. The Kier molecular flexibility index (Phi) is 9.54. The van der Waals surface area contributed by atoms with Crippen LogP contribution in [0, 0.1) is 5.41 Å². The fraction of sp³-hybridized carbons (Fsp3) is 0.500. The van der Waals surface area contributed by atoms with Crippen molar-refractivity contribution in [3.8, 4) is 11.1 Å². The van der Waals surface area contributed by atoms with Gasteiger partial charge in [0, 0.05) is 11.1 Å². The van der Waals surface area contributed by atoms with Crippen LogP contribution in [0.3, 0.4) is 0 Å². The Morgan fingerprint density at radius 3 is 2.58 bits per heavy atom. The Morgan fingerprint density at radius 1 is 1.23 bits per heavy atom. The molecule has 2 aromatic carbocycles. The van der Waals surface area contributed by atoms with Gasteiger partial charge in [-0.1, -0.05) is 62.2 Å². The van der Waals surface area contributed by atoms with Crippen molar-refractivity contribution in [1.82, 2.24) is 0 Å². The van der Waals surface area contributed by atoms with Crippen LogP contribution in [0.5, 0.6) is 0 Å². The highest BCUT2D eigenvalue weighted by atomic mass is 35.5. The minimum atomic E-state index is -0.992. The largest absolute Gasteiger partial charge is 0.466 e. The molecular formula is C26H36ClNO3. The number of rotatable bonds is 11. The number of hydrogen-bond donors (Lipinski definition) is 2. The molecule has 170 valence electrons. The number of hydrogen-bond acceptors (Lipinski definition) is 4. The minimum absolute atomic E-state index is 0.270. The van der Waals surface area contributed by atoms with Crippen LogP contribution >= 0.6 is 11.6 Å². The molecule has 3 N–H and O–H groups in total. The van der Waals surface area contributed by atoms with Gasteiger partial charge < -0.3 is 15.6 Å². The second kappa shape index (κ2) is 11.7. The van der Waals surface area contributed by atoms with Crippen molar-refractivity contribution in [3.63, 3.8) is 0 Å². The van der Waals surface area contributed by atoms with Crippen LogP contribution in [-0.2, 0) is 16.0 Å². The van der Waals surface area contributed by atoms with Crippen LogP contribution in [-0.4, -0.2) is 30.3 Å². The van der Waals surface area contributed by atoms with Crippen molar-refractivity contribution in [3.05, 3.63) is 58.6 Å². The van der Waals surface area contributed by atoms with E-state index in [0.29, 0.717) is 18.8 Å². The van der Waals surface area contributed by atoms with Crippen LogP contribution in [0.4, 0.5) is 0 Å². The summed E-state index contributed by atoms with van der Waals surface area (Å²) in [5.74, 6) is -0.00101. The third-order valence-electron chi connectivity index (χ3n) is 5.83. The van der Waals surface area contributed by atoms with Gasteiger partial charge in [0.25, 0.3) is 0 Å². The highest BCUT2D eigenvalue weighted by molar-refractivity contribution is 6.30. The first-order valence-corrected chi connectivity index (χ1v) is 11.5. The van der Waals surface area contributed by atoms with E-state index in [9.17, 15) is 9.90 Å². The first-order chi connectivity index (χ1) is 14.7. The molecule has 0 amide bonds. The number of benzene rings is 2. The normalized spacial score (nSPS) is 15.2. The molecule has 0 aliphatic carbocycles. The van der Waals surface area contributed by atoms with Gasteiger partial charge in [0.1, 0.15) is 0 Å². The summed E-state index contributed by atoms with van der Waals surface area (Å²) in [6.45, 7) is 7.91. The summed E-state index contributed by atoms with van der Waals surface area (Å²) in [5, 5.41) is 10.5. The van der Waals surface area contributed by atoms with Gasteiger partial charge in [-0.15, -0.1) is 0 Å². The molecule has 0 heterocycles. The molecule has 0 aliphatic heterocycles. The highest BCUT2D eigenvalue weighted by Gasteiger charge is 2.36. The van der Waals surface area contributed by atoms with Crippen LogP contribution in [0.1, 0.15) is 64.0 Å². The van der Waals surface area contributed by atoms with E-state index >= 15 is 0 Å². The van der Waals surface area contributed by atoms with Gasteiger partial charge in [0.15, 0.2) is 0 Å². The van der Waals surface area contributed by atoms with Crippen molar-refractivity contribution < 1.29 is 14.6 Å². The Morgan fingerprint density at radius 2 is 1.97 bits per heavy atom. The molecule has 0 radical (unpaired) electrons. The fourth-order valence-electron chi connectivity index (χ4n) is 4.13. The molecule has 3 unspecified atom stereocenters. The lowest BCUT2D eigenvalue weighted by Gasteiger charge is -2.28. The second-order valence-electron chi connectivity index (χ2n) is 8.73. The Balaban J connectivity index is 2.29. The van der Waals surface area contributed by atoms with Crippen molar-refractivity contribution in [1.29, 1.82) is 0 Å². The number of esters is 1. The number of carbonyl (C=O) groups is 1. The zero-order valence-corrected chi connectivity index (χ0v) is 19.9. The van der Waals surface area contributed by atoms with E-state index in [4.69, 9.17) is 22.1 Å². The SMILES string of the molecule is CCCC(C)c1cc(CC(N)CC(C)(CO)C(=O)OCC)ccc1-c1cccc(Cl)c1. The molecule has 3 atom stereocenters. The maximum Gasteiger partial charge on any atom is 0.314 e. The van der Waals surface area contributed by atoms with Crippen LogP contribution in [0.25, 0.3) is 11.1 Å². The predicted octanol–water partition coefficient (Wildman–Crippen LogP) is 5.73. The Bertz CT molecular complexity index is 869. The zero-order chi connectivity index (χ0) is 23.0. The molecule has 2 aromatic rings. The maximum absolute atomic E-state index is 12.3. The molecule has 0 fully saturated rings. The molecule has 4 nitrogen and oxygen atoms in total. The summed E-state index contributed by atoms with van der Waals surface area (Å²) in [6, 6.07) is 14.1. The average Bonchev–Trinajstić information content (AvgIpc) is 2.73. The quantitative estimate of drug-likeness (QED) is 0.433. The molecule has 2 rings (SSSR count). The van der Waals surface area contributed by atoms with Gasteiger partial charge >= 0.3 is 5.97 Å². The average molecular weight is 446 g/mol. The molecule has 0 saturated heterocycles. The van der Waals surface area contributed by atoms with Gasteiger partial charge in [-0.2, -0.15) is 0 Å². The summed E-state index contributed by atoms with van der Waals surface area (Å²) in [4.78, 5) is 12.3. The number of halogens is 1. The van der Waals surface area contributed by atoms with E-state index in [1.165, 1.54) is 11.1 Å². The Labute approximate surface area is 191 Å². The van der Waals surface area contributed by atoms with Crippen LogP contribution in [0.2, 0.25) is 5.02 Å². The summed E-state index contributed by atoms with van der Waals surface area (Å²) < 4.78 is 5.14. The number of nitrogens with two attached hydrogens (primary N) is 1. The number of carbonyl (C=O) groups excluding carboxylic acids is 1. The smallest absolute Gasteiger partial charge is 0.314 e. The monoisotopic (exact) mass is 445 g/mol. The van der Waals surface area contributed by atoms with Crippen LogP contribution in [0.15, 0.2) is 42.5 Å². The fourth-order valence-corrected chi connectivity index (χ4v) is 4.32. The Hall–Kier alpha value is -1.88. The topological polar surface area (TPSA) is 72.5 Å². The van der Waals surface area contributed by atoms with E-state index < -0.39 is 11.4 Å². The third kappa shape index (κ3) is 6.80. The van der Waals surface area contributed by atoms with Crippen LogP contribution < -0.4 is 5.73 Å². The third-order valence-corrected chi connectivity index (χ3v) is 6.07. The first-order valence-electron chi connectivity index (χ1n) is 11.2.